The summed E-state index contributed by atoms with van der Waals surface area (Å²) in [6, 6.07) is -1.08. The van der Waals surface area contributed by atoms with Gasteiger partial charge in [0, 0.05) is 6.42 Å². The molecule has 3 N–H and O–H groups in total. The largest absolute Gasteiger partial charge is 0.387 e. The molecule has 0 aliphatic carbocycles. The molecule has 0 aliphatic heterocycles. The van der Waals surface area contributed by atoms with Gasteiger partial charge in [-0.1, -0.05) is 146 Å². The highest BCUT2D eigenvalue weighted by Gasteiger charge is 2.24. The smallest absolute Gasteiger partial charge is 0.267 e. The van der Waals surface area contributed by atoms with E-state index in [-0.39, 0.29) is 12.3 Å². The van der Waals surface area contributed by atoms with E-state index in [0.717, 1.165) is 51.4 Å². The van der Waals surface area contributed by atoms with Gasteiger partial charge in [0.25, 0.3) is 10.1 Å². The Morgan fingerprint density at radius 3 is 1.49 bits per heavy atom. The van der Waals surface area contributed by atoms with Crippen LogP contribution in [-0.4, -0.2) is 41.9 Å². The summed E-state index contributed by atoms with van der Waals surface area (Å²) < 4.78 is 32.3. The number of amides is 1. The lowest BCUT2D eigenvalue weighted by Gasteiger charge is -2.21. The van der Waals surface area contributed by atoms with Crippen molar-refractivity contribution in [3.8, 4) is 0 Å². The standard InChI is InChI=1S/C38H69NO5S/c1-3-5-7-9-11-13-15-16-17-18-19-20-21-22-24-26-28-30-32-34-38(41)39-36(35-45(42,43)44)37(40)33-31-29-27-25-23-14-12-10-8-6-4-2/h8,10,16-17,23,25,31,33,36-37,40H,3-7,9,11-15,18-22,24,26-30,32,34-35H2,1-2H3,(H,39,41)(H,42,43,44)/b10-8+,17-16-,25-23+,33-31+. The van der Waals surface area contributed by atoms with Gasteiger partial charge in [-0.3, -0.25) is 9.35 Å². The zero-order chi connectivity index (χ0) is 33.3. The molecular weight excluding hydrogens is 582 g/mol. The van der Waals surface area contributed by atoms with Crippen LogP contribution in [0.3, 0.4) is 0 Å². The van der Waals surface area contributed by atoms with Crippen LogP contribution < -0.4 is 5.32 Å². The number of rotatable bonds is 32. The molecule has 262 valence electrons. The lowest BCUT2D eigenvalue weighted by Crippen LogP contribution is -2.46. The second-order valence-electron chi connectivity index (χ2n) is 12.5. The van der Waals surface area contributed by atoms with Gasteiger partial charge in [-0.05, 0) is 64.2 Å². The van der Waals surface area contributed by atoms with E-state index in [2.05, 4.69) is 55.6 Å². The van der Waals surface area contributed by atoms with Gasteiger partial charge in [0.05, 0.1) is 17.9 Å². The van der Waals surface area contributed by atoms with Crippen molar-refractivity contribution in [1.82, 2.24) is 5.32 Å². The Kier molecular flexibility index (Phi) is 31.0. The lowest BCUT2D eigenvalue weighted by atomic mass is 10.0. The minimum Gasteiger partial charge on any atom is -0.387 e. The monoisotopic (exact) mass is 651 g/mol. The molecule has 0 aromatic rings. The maximum Gasteiger partial charge on any atom is 0.267 e. The predicted molar refractivity (Wildman–Crippen MR) is 193 cm³/mol. The summed E-state index contributed by atoms with van der Waals surface area (Å²) in [4.78, 5) is 12.4. The minimum atomic E-state index is -4.35. The van der Waals surface area contributed by atoms with Crippen LogP contribution in [0, 0.1) is 0 Å². The molecule has 0 bridgehead atoms. The number of aliphatic hydroxyl groups is 1. The second kappa shape index (κ2) is 32.2. The van der Waals surface area contributed by atoms with E-state index in [1.807, 2.05) is 0 Å². The molecule has 2 unspecified atom stereocenters. The van der Waals surface area contributed by atoms with E-state index in [4.69, 9.17) is 0 Å². The van der Waals surface area contributed by atoms with E-state index in [1.165, 1.54) is 96.0 Å². The Bertz CT molecular complexity index is 894. The number of hydrogen-bond donors (Lipinski definition) is 3. The van der Waals surface area contributed by atoms with Crippen molar-refractivity contribution in [2.24, 2.45) is 0 Å². The molecule has 7 heteroatoms. The predicted octanol–water partition coefficient (Wildman–Crippen LogP) is 10.3. The first-order chi connectivity index (χ1) is 21.8. The van der Waals surface area contributed by atoms with Crippen molar-refractivity contribution in [1.29, 1.82) is 0 Å². The number of unbranched alkanes of at least 4 members (excludes halogenated alkanes) is 18. The topological polar surface area (TPSA) is 104 Å². The fourth-order valence-corrected chi connectivity index (χ4v) is 5.92. The van der Waals surface area contributed by atoms with E-state index < -0.39 is 28.0 Å². The van der Waals surface area contributed by atoms with Crippen molar-refractivity contribution < 1.29 is 22.9 Å². The number of allylic oxidation sites excluding steroid dienone is 7. The van der Waals surface area contributed by atoms with Gasteiger partial charge < -0.3 is 10.4 Å². The van der Waals surface area contributed by atoms with Crippen molar-refractivity contribution in [3.63, 3.8) is 0 Å². The van der Waals surface area contributed by atoms with Gasteiger partial charge in [-0.2, -0.15) is 8.42 Å². The van der Waals surface area contributed by atoms with Crippen LogP contribution in [0.15, 0.2) is 48.6 Å². The summed E-state index contributed by atoms with van der Waals surface area (Å²) in [5, 5.41) is 13.1. The van der Waals surface area contributed by atoms with E-state index >= 15 is 0 Å². The molecule has 2 atom stereocenters. The number of hydrogen-bond acceptors (Lipinski definition) is 4. The van der Waals surface area contributed by atoms with Crippen LogP contribution in [0.25, 0.3) is 0 Å². The van der Waals surface area contributed by atoms with Crippen LogP contribution >= 0.6 is 0 Å². The molecule has 0 saturated carbocycles. The molecular formula is C38H69NO5S. The number of nitrogens with one attached hydrogen (secondary N) is 1. The van der Waals surface area contributed by atoms with Crippen molar-refractivity contribution in [2.45, 2.75) is 180 Å². The zero-order valence-electron chi connectivity index (χ0n) is 29.0. The Labute approximate surface area is 278 Å². The zero-order valence-corrected chi connectivity index (χ0v) is 29.8. The highest BCUT2D eigenvalue weighted by atomic mass is 32.2. The first kappa shape index (κ1) is 43.3. The molecule has 0 fully saturated rings. The molecule has 0 aliphatic rings. The average molecular weight is 652 g/mol. The Balaban J connectivity index is 3.97. The maximum atomic E-state index is 12.4. The third-order valence-corrected chi connectivity index (χ3v) is 8.72. The third-order valence-electron chi connectivity index (χ3n) is 7.94. The van der Waals surface area contributed by atoms with Gasteiger partial charge >= 0.3 is 0 Å². The molecule has 0 aromatic heterocycles. The van der Waals surface area contributed by atoms with E-state index in [9.17, 15) is 22.9 Å². The van der Waals surface area contributed by atoms with Gasteiger partial charge in [0.2, 0.25) is 5.91 Å². The van der Waals surface area contributed by atoms with Gasteiger partial charge in [-0.15, -0.1) is 0 Å². The van der Waals surface area contributed by atoms with Gasteiger partial charge in [0.1, 0.15) is 0 Å². The Hall–Kier alpha value is -1.70. The van der Waals surface area contributed by atoms with Crippen LogP contribution in [0.4, 0.5) is 0 Å². The van der Waals surface area contributed by atoms with E-state index in [1.54, 1.807) is 6.08 Å². The number of carbonyl (C=O) groups is 1. The average Bonchev–Trinajstić information content (AvgIpc) is 3.00. The van der Waals surface area contributed by atoms with Crippen LogP contribution in [0.1, 0.15) is 168 Å². The minimum absolute atomic E-state index is 0.281. The fourth-order valence-electron chi connectivity index (χ4n) is 5.19. The molecule has 1 amide bonds. The lowest BCUT2D eigenvalue weighted by molar-refractivity contribution is -0.122. The molecule has 0 saturated heterocycles. The van der Waals surface area contributed by atoms with Crippen LogP contribution in [0.2, 0.25) is 0 Å². The highest BCUT2D eigenvalue weighted by molar-refractivity contribution is 7.85. The molecule has 6 nitrogen and oxygen atoms in total. The maximum absolute atomic E-state index is 12.4. The SMILES string of the molecule is CCC/C=C/CC/C=C/CC/C=C/C(O)C(CS(=O)(=O)O)NC(=O)CCCCCCCCCCC/C=C\CCCCCCCC. The number of aliphatic hydroxyl groups excluding tert-OH is 1. The summed E-state index contributed by atoms with van der Waals surface area (Å²) in [5.74, 6) is -1.02. The molecule has 0 radical (unpaired) electrons. The Morgan fingerprint density at radius 2 is 1.00 bits per heavy atom. The van der Waals surface area contributed by atoms with Crippen molar-refractivity contribution in [3.05, 3.63) is 48.6 Å². The first-order valence-electron chi connectivity index (χ1n) is 18.3. The molecule has 0 aromatic carbocycles. The van der Waals surface area contributed by atoms with Crippen LogP contribution in [0.5, 0.6) is 0 Å². The summed E-state index contributed by atoms with van der Waals surface area (Å²) in [6.45, 7) is 4.42. The summed E-state index contributed by atoms with van der Waals surface area (Å²) in [6.07, 6.45) is 42.4. The van der Waals surface area contributed by atoms with Gasteiger partial charge in [0.15, 0.2) is 0 Å². The van der Waals surface area contributed by atoms with Gasteiger partial charge in [-0.25, -0.2) is 0 Å². The van der Waals surface area contributed by atoms with E-state index in [0.29, 0.717) is 6.42 Å². The highest BCUT2D eigenvalue weighted by Crippen LogP contribution is 2.13. The Morgan fingerprint density at radius 1 is 0.578 bits per heavy atom. The quantitative estimate of drug-likeness (QED) is 0.0381. The molecule has 0 spiro atoms. The number of carbonyl (C=O) groups excluding carboxylic acids is 1. The van der Waals surface area contributed by atoms with Crippen molar-refractivity contribution >= 4 is 16.0 Å². The van der Waals surface area contributed by atoms with Crippen LogP contribution in [-0.2, 0) is 14.9 Å². The first-order valence-corrected chi connectivity index (χ1v) is 19.9. The third kappa shape index (κ3) is 33.5. The van der Waals surface area contributed by atoms with Crippen molar-refractivity contribution in [2.75, 3.05) is 5.75 Å². The summed E-state index contributed by atoms with van der Waals surface area (Å²) in [5.41, 5.74) is 0. The molecule has 0 heterocycles. The summed E-state index contributed by atoms with van der Waals surface area (Å²) >= 11 is 0. The molecule has 0 rings (SSSR count). The summed E-state index contributed by atoms with van der Waals surface area (Å²) in [7, 11) is -4.35. The second-order valence-corrected chi connectivity index (χ2v) is 14.0. The fraction of sp³-hybridized carbons (Fsp3) is 0.763. The molecule has 45 heavy (non-hydrogen) atoms. The normalized spacial score (nSPS) is 14.0.